The van der Waals surface area contributed by atoms with Crippen molar-refractivity contribution < 1.29 is 27.4 Å². The molecule has 0 aromatic heterocycles. The quantitative estimate of drug-likeness (QED) is 0.483. The minimum atomic E-state index is -4.65. The summed E-state index contributed by atoms with van der Waals surface area (Å²) in [6.45, 7) is 1.33. The van der Waals surface area contributed by atoms with E-state index in [0.29, 0.717) is 17.5 Å². The molecule has 1 aromatic rings. The largest absolute Gasteiger partial charge is 0.497 e. The molecular weight excluding hydrogens is 307 g/mol. The van der Waals surface area contributed by atoms with Gasteiger partial charge in [0.1, 0.15) is 11.0 Å². The lowest BCUT2D eigenvalue weighted by atomic mass is 10.3. The van der Waals surface area contributed by atoms with E-state index in [4.69, 9.17) is 4.74 Å². The number of rotatable bonds is 4. The Morgan fingerprint density at radius 2 is 1.81 bits per heavy atom. The standard InChI is InChI=1S/C13H14F3NO3S/c1-8(11(18)20-3)21-12(13(14,15)16)17-9-4-6-10(19-2)7-5-9/h4-8H,1-3H3. The predicted octanol–water partition coefficient (Wildman–Crippen LogP) is 3.58. The SMILES string of the molecule is COC(=O)C(C)SC(=Nc1ccc(OC)cc1)C(F)(F)F. The smallest absolute Gasteiger partial charge is 0.439 e. The van der Waals surface area contributed by atoms with Crippen LogP contribution in [0.25, 0.3) is 0 Å². The van der Waals surface area contributed by atoms with Gasteiger partial charge in [-0.2, -0.15) is 13.2 Å². The summed E-state index contributed by atoms with van der Waals surface area (Å²) >= 11 is 0.308. The van der Waals surface area contributed by atoms with Gasteiger partial charge in [-0.25, -0.2) is 4.99 Å². The third-order valence-corrected chi connectivity index (χ3v) is 3.46. The van der Waals surface area contributed by atoms with Gasteiger partial charge < -0.3 is 9.47 Å². The summed E-state index contributed by atoms with van der Waals surface area (Å²) in [6.07, 6.45) is -4.65. The molecule has 21 heavy (non-hydrogen) atoms. The Morgan fingerprint density at radius 1 is 1.24 bits per heavy atom. The number of nitrogens with zero attached hydrogens (tertiary/aromatic N) is 1. The minimum absolute atomic E-state index is 0.118. The molecule has 0 aliphatic rings. The molecule has 1 unspecified atom stereocenters. The molecule has 0 spiro atoms. The van der Waals surface area contributed by atoms with E-state index < -0.39 is 22.4 Å². The molecule has 4 nitrogen and oxygen atoms in total. The first kappa shape index (κ1) is 17.4. The number of ether oxygens (including phenoxy) is 2. The lowest BCUT2D eigenvalue weighted by Crippen LogP contribution is -2.25. The molecule has 0 N–H and O–H groups in total. The van der Waals surface area contributed by atoms with Crippen LogP contribution in [0.3, 0.4) is 0 Å². The maximum absolute atomic E-state index is 13.0. The molecule has 0 saturated heterocycles. The zero-order valence-corrected chi connectivity index (χ0v) is 12.4. The number of halogens is 3. The second-order valence-electron chi connectivity index (χ2n) is 3.90. The van der Waals surface area contributed by atoms with Gasteiger partial charge in [0, 0.05) is 0 Å². The number of hydrogen-bond acceptors (Lipinski definition) is 5. The Morgan fingerprint density at radius 3 is 2.24 bits per heavy atom. The third kappa shape index (κ3) is 5.30. The monoisotopic (exact) mass is 321 g/mol. The number of aliphatic imine (C=N–C) groups is 1. The van der Waals surface area contributed by atoms with Crippen LogP contribution in [0.1, 0.15) is 6.92 Å². The fourth-order valence-electron chi connectivity index (χ4n) is 1.31. The Labute approximate surface area is 124 Å². The normalized spacial score (nSPS) is 13.7. The maximum Gasteiger partial charge on any atom is 0.439 e. The van der Waals surface area contributed by atoms with Gasteiger partial charge in [-0.1, -0.05) is 11.8 Å². The van der Waals surface area contributed by atoms with E-state index in [-0.39, 0.29) is 5.69 Å². The molecular formula is C13H14F3NO3S. The third-order valence-electron chi connectivity index (χ3n) is 2.37. The van der Waals surface area contributed by atoms with Crippen LogP contribution in [-0.4, -0.2) is 36.7 Å². The van der Waals surface area contributed by atoms with Crippen LogP contribution in [0.2, 0.25) is 0 Å². The van der Waals surface area contributed by atoms with Crippen molar-refractivity contribution >= 4 is 28.5 Å². The van der Waals surface area contributed by atoms with Crippen LogP contribution in [0.15, 0.2) is 29.3 Å². The Bertz CT molecular complexity index is 514. The lowest BCUT2D eigenvalue weighted by molar-refractivity contribution is -0.139. The van der Waals surface area contributed by atoms with Crippen molar-refractivity contribution in [3.63, 3.8) is 0 Å². The van der Waals surface area contributed by atoms with Gasteiger partial charge >= 0.3 is 12.1 Å². The van der Waals surface area contributed by atoms with Crippen molar-refractivity contribution in [3.05, 3.63) is 24.3 Å². The first-order valence-electron chi connectivity index (χ1n) is 5.82. The van der Waals surface area contributed by atoms with Crippen LogP contribution in [0, 0.1) is 0 Å². The van der Waals surface area contributed by atoms with E-state index in [1.165, 1.54) is 38.3 Å². The van der Waals surface area contributed by atoms with Gasteiger partial charge in [0.2, 0.25) is 0 Å². The molecule has 0 saturated carbocycles. The molecule has 1 atom stereocenters. The maximum atomic E-state index is 13.0. The van der Waals surface area contributed by atoms with Gasteiger partial charge in [-0.05, 0) is 31.2 Å². The molecule has 116 valence electrons. The predicted molar refractivity (Wildman–Crippen MR) is 75.2 cm³/mol. The van der Waals surface area contributed by atoms with Gasteiger partial charge in [-0.3, -0.25) is 4.79 Å². The van der Waals surface area contributed by atoms with E-state index in [1.54, 1.807) is 0 Å². The highest BCUT2D eigenvalue weighted by Crippen LogP contribution is 2.31. The zero-order chi connectivity index (χ0) is 16.0. The average Bonchev–Trinajstić information content (AvgIpc) is 2.45. The molecule has 0 aliphatic carbocycles. The fourth-order valence-corrected chi connectivity index (χ4v) is 2.13. The Balaban J connectivity index is 3.01. The first-order valence-corrected chi connectivity index (χ1v) is 6.70. The molecule has 1 aromatic carbocycles. The van der Waals surface area contributed by atoms with Gasteiger partial charge in [-0.15, -0.1) is 0 Å². The van der Waals surface area contributed by atoms with Crippen molar-refractivity contribution in [2.24, 2.45) is 4.99 Å². The van der Waals surface area contributed by atoms with Crippen LogP contribution in [0.4, 0.5) is 18.9 Å². The first-order chi connectivity index (χ1) is 9.77. The number of alkyl halides is 3. The topological polar surface area (TPSA) is 47.9 Å². The van der Waals surface area contributed by atoms with E-state index in [9.17, 15) is 18.0 Å². The summed E-state index contributed by atoms with van der Waals surface area (Å²) in [4.78, 5) is 14.8. The Hall–Kier alpha value is -1.70. The summed E-state index contributed by atoms with van der Waals surface area (Å²) in [6, 6.07) is 5.80. The van der Waals surface area contributed by atoms with Gasteiger partial charge in [0.25, 0.3) is 0 Å². The summed E-state index contributed by atoms with van der Waals surface area (Å²) in [5.41, 5.74) is 0.118. The second kappa shape index (κ2) is 7.35. The number of carbonyl (C=O) groups excluding carboxylic acids is 1. The van der Waals surface area contributed by atoms with Crippen molar-refractivity contribution in [2.45, 2.75) is 18.3 Å². The van der Waals surface area contributed by atoms with Crippen LogP contribution in [0.5, 0.6) is 5.75 Å². The fraction of sp³-hybridized carbons (Fsp3) is 0.385. The molecule has 0 heterocycles. The van der Waals surface area contributed by atoms with Crippen LogP contribution < -0.4 is 4.74 Å². The highest BCUT2D eigenvalue weighted by Gasteiger charge is 2.38. The number of benzene rings is 1. The van der Waals surface area contributed by atoms with Crippen molar-refractivity contribution in [2.75, 3.05) is 14.2 Å². The number of thioether (sulfide) groups is 1. The average molecular weight is 321 g/mol. The zero-order valence-electron chi connectivity index (χ0n) is 11.6. The summed E-state index contributed by atoms with van der Waals surface area (Å²) in [5.74, 6) is -0.232. The van der Waals surface area contributed by atoms with E-state index in [2.05, 4.69) is 9.73 Å². The van der Waals surface area contributed by atoms with Crippen LogP contribution >= 0.6 is 11.8 Å². The highest BCUT2D eigenvalue weighted by molar-refractivity contribution is 8.15. The van der Waals surface area contributed by atoms with Crippen molar-refractivity contribution in [1.82, 2.24) is 0 Å². The van der Waals surface area contributed by atoms with Gasteiger partial charge in [0.15, 0.2) is 5.04 Å². The van der Waals surface area contributed by atoms with E-state index >= 15 is 0 Å². The summed E-state index contributed by atoms with van der Waals surface area (Å²) in [5, 5.41) is -2.11. The summed E-state index contributed by atoms with van der Waals surface area (Å²) < 4.78 is 48.2. The van der Waals surface area contributed by atoms with Crippen LogP contribution in [-0.2, 0) is 9.53 Å². The molecule has 0 radical (unpaired) electrons. The molecule has 0 amide bonds. The van der Waals surface area contributed by atoms with Crippen molar-refractivity contribution in [1.29, 1.82) is 0 Å². The molecule has 0 bridgehead atoms. The minimum Gasteiger partial charge on any atom is -0.497 e. The number of carbonyl (C=O) groups is 1. The molecule has 1 rings (SSSR count). The van der Waals surface area contributed by atoms with E-state index in [0.717, 1.165) is 7.11 Å². The van der Waals surface area contributed by atoms with Crippen molar-refractivity contribution in [3.8, 4) is 5.75 Å². The molecule has 0 aliphatic heterocycles. The number of hydrogen-bond donors (Lipinski definition) is 0. The molecule has 0 fully saturated rings. The Kier molecular flexibility index (Phi) is 6.07. The number of esters is 1. The van der Waals surface area contributed by atoms with E-state index in [1.807, 2.05) is 0 Å². The van der Waals surface area contributed by atoms with Gasteiger partial charge in [0.05, 0.1) is 19.9 Å². The highest BCUT2D eigenvalue weighted by atomic mass is 32.2. The lowest BCUT2D eigenvalue weighted by Gasteiger charge is -2.13. The molecule has 8 heteroatoms. The summed E-state index contributed by atoms with van der Waals surface area (Å²) in [7, 11) is 2.57. The second-order valence-corrected chi connectivity index (χ2v) is 5.23. The number of methoxy groups -OCH3 is 2.